The van der Waals surface area contributed by atoms with Gasteiger partial charge in [0.2, 0.25) is 0 Å². The standard InChI is InChI=1S/C10H18N3.C2H6/c1-3-13(9-8-11-2)10-6-4-5-7-12-10;1-2/h4-7,11-12H,3,8-9H2,1-2H3;1-2H3. The van der Waals surface area contributed by atoms with Gasteiger partial charge in [-0.2, -0.15) is 0 Å². The second kappa shape index (κ2) is 9.59. The van der Waals surface area contributed by atoms with Gasteiger partial charge in [0.15, 0.2) is 0 Å². The number of nitrogens with zero attached hydrogens (tertiary/aromatic N) is 1. The largest absolute Gasteiger partial charge is 0.363 e. The molecule has 0 spiro atoms. The molecule has 0 fully saturated rings. The van der Waals surface area contributed by atoms with Gasteiger partial charge in [-0.25, -0.2) is 0 Å². The number of allylic oxidation sites excluding steroid dienone is 2. The molecule has 0 aromatic carbocycles. The summed E-state index contributed by atoms with van der Waals surface area (Å²) >= 11 is 0. The first-order valence-corrected chi connectivity index (χ1v) is 5.74. The van der Waals surface area contributed by atoms with Crippen LogP contribution in [0.2, 0.25) is 0 Å². The van der Waals surface area contributed by atoms with Crippen LogP contribution in [0, 0.1) is 6.54 Å². The van der Waals surface area contributed by atoms with Crippen molar-refractivity contribution in [2.75, 3.05) is 26.7 Å². The maximum atomic E-state index is 3.23. The third-order valence-corrected chi connectivity index (χ3v) is 2.05. The average molecular weight is 210 g/mol. The number of hydrogen-bond donors (Lipinski definition) is 2. The van der Waals surface area contributed by atoms with E-state index in [1.165, 1.54) is 5.82 Å². The number of rotatable bonds is 5. The van der Waals surface area contributed by atoms with Gasteiger partial charge in [-0.3, -0.25) is 0 Å². The van der Waals surface area contributed by atoms with Crippen molar-refractivity contribution in [3.8, 4) is 0 Å². The summed E-state index contributed by atoms with van der Waals surface area (Å²) in [6.45, 7) is 11.2. The third-order valence-electron chi connectivity index (χ3n) is 2.05. The molecule has 15 heavy (non-hydrogen) atoms. The molecular weight excluding hydrogens is 186 g/mol. The van der Waals surface area contributed by atoms with E-state index >= 15 is 0 Å². The lowest BCUT2D eigenvalue weighted by Gasteiger charge is -2.27. The zero-order valence-corrected chi connectivity index (χ0v) is 10.4. The highest BCUT2D eigenvalue weighted by atomic mass is 15.2. The number of likely N-dealkylation sites (N-methyl/N-ethyl adjacent to an activating group) is 2. The molecule has 0 aromatic rings. The zero-order chi connectivity index (χ0) is 11.5. The van der Waals surface area contributed by atoms with Crippen LogP contribution in [-0.4, -0.2) is 31.6 Å². The van der Waals surface area contributed by atoms with Crippen molar-refractivity contribution in [2.45, 2.75) is 20.8 Å². The number of nitrogens with one attached hydrogen (secondary N) is 2. The van der Waals surface area contributed by atoms with Gasteiger partial charge in [-0.15, -0.1) is 0 Å². The van der Waals surface area contributed by atoms with Crippen LogP contribution in [0.4, 0.5) is 0 Å². The van der Waals surface area contributed by atoms with Gasteiger partial charge in [0.1, 0.15) is 5.82 Å². The van der Waals surface area contributed by atoms with Crippen LogP contribution >= 0.6 is 0 Å². The molecule has 0 unspecified atom stereocenters. The molecule has 87 valence electrons. The number of hydrogen-bond acceptors (Lipinski definition) is 3. The maximum Gasteiger partial charge on any atom is 0.102 e. The molecule has 1 rings (SSSR count). The molecule has 0 amide bonds. The van der Waals surface area contributed by atoms with E-state index in [0.717, 1.165) is 19.6 Å². The summed E-state index contributed by atoms with van der Waals surface area (Å²) in [5, 5.41) is 6.37. The first kappa shape index (κ1) is 14.0. The molecular formula is C12H24N3. The van der Waals surface area contributed by atoms with E-state index in [2.05, 4.69) is 28.5 Å². The molecule has 1 aliphatic heterocycles. The molecule has 0 atom stereocenters. The summed E-state index contributed by atoms with van der Waals surface area (Å²) in [5.74, 6) is 1.18. The fourth-order valence-corrected chi connectivity index (χ4v) is 1.28. The monoisotopic (exact) mass is 210 g/mol. The Morgan fingerprint density at radius 1 is 1.33 bits per heavy atom. The van der Waals surface area contributed by atoms with Crippen molar-refractivity contribution < 1.29 is 0 Å². The van der Waals surface area contributed by atoms with Crippen molar-refractivity contribution >= 4 is 0 Å². The molecule has 0 bridgehead atoms. The Morgan fingerprint density at radius 3 is 2.53 bits per heavy atom. The highest BCUT2D eigenvalue weighted by Gasteiger charge is 2.06. The SMILES string of the molecule is CC.CCN(CCNC)C1=CC=C[CH]N1. The van der Waals surface area contributed by atoms with Crippen LogP contribution in [0.25, 0.3) is 0 Å². The van der Waals surface area contributed by atoms with Crippen LogP contribution in [0.3, 0.4) is 0 Å². The van der Waals surface area contributed by atoms with Gasteiger partial charge in [-0.1, -0.05) is 26.0 Å². The Bertz CT molecular complexity index is 197. The van der Waals surface area contributed by atoms with Crippen LogP contribution < -0.4 is 10.6 Å². The molecule has 1 aliphatic rings. The van der Waals surface area contributed by atoms with Crippen molar-refractivity contribution in [1.82, 2.24) is 15.5 Å². The smallest absolute Gasteiger partial charge is 0.102 e. The molecule has 2 N–H and O–H groups in total. The fourth-order valence-electron chi connectivity index (χ4n) is 1.28. The quantitative estimate of drug-likeness (QED) is 0.723. The summed E-state index contributed by atoms with van der Waals surface area (Å²) in [6.07, 6.45) is 6.14. The highest BCUT2D eigenvalue weighted by Crippen LogP contribution is 2.04. The van der Waals surface area contributed by atoms with Gasteiger partial charge in [0.25, 0.3) is 0 Å². The van der Waals surface area contributed by atoms with E-state index in [4.69, 9.17) is 0 Å². The average Bonchev–Trinajstić information content (AvgIpc) is 2.34. The lowest BCUT2D eigenvalue weighted by atomic mass is 10.3. The van der Waals surface area contributed by atoms with Crippen molar-refractivity contribution in [2.24, 2.45) is 0 Å². The van der Waals surface area contributed by atoms with Gasteiger partial charge >= 0.3 is 0 Å². The summed E-state index contributed by atoms with van der Waals surface area (Å²) in [4.78, 5) is 2.30. The third kappa shape index (κ3) is 5.47. The van der Waals surface area contributed by atoms with Crippen LogP contribution in [-0.2, 0) is 0 Å². The second-order valence-corrected chi connectivity index (χ2v) is 2.93. The van der Waals surface area contributed by atoms with E-state index in [9.17, 15) is 0 Å². The minimum atomic E-state index is 1.01. The minimum absolute atomic E-state index is 1.01. The van der Waals surface area contributed by atoms with Gasteiger partial charge in [0.05, 0.1) is 6.54 Å². The van der Waals surface area contributed by atoms with Crippen molar-refractivity contribution in [3.05, 3.63) is 30.6 Å². The molecule has 0 saturated heterocycles. The molecule has 1 heterocycles. The van der Waals surface area contributed by atoms with E-state index in [1.807, 2.05) is 39.6 Å². The molecule has 0 aromatic heterocycles. The van der Waals surface area contributed by atoms with Gasteiger partial charge < -0.3 is 15.5 Å². The molecule has 1 radical (unpaired) electrons. The lowest BCUT2D eigenvalue weighted by molar-refractivity contribution is 0.343. The van der Waals surface area contributed by atoms with E-state index < -0.39 is 0 Å². The lowest BCUT2D eigenvalue weighted by Crippen LogP contribution is -2.35. The Kier molecular flexibility index (Phi) is 8.98. The highest BCUT2D eigenvalue weighted by molar-refractivity contribution is 5.19. The Balaban J connectivity index is 0.000000921. The number of dihydropyridines is 1. The molecule has 0 aliphatic carbocycles. The maximum absolute atomic E-state index is 3.23. The van der Waals surface area contributed by atoms with E-state index in [0.29, 0.717) is 0 Å². The first-order valence-electron chi connectivity index (χ1n) is 5.74. The van der Waals surface area contributed by atoms with Crippen molar-refractivity contribution in [3.63, 3.8) is 0 Å². The van der Waals surface area contributed by atoms with Gasteiger partial charge in [0, 0.05) is 19.6 Å². The van der Waals surface area contributed by atoms with Crippen LogP contribution in [0.5, 0.6) is 0 Å². The summed E-state index contributed by atoms with van der Waals surface area (Å²) in [5.41, 5.74) is 0. The fraction of sp³-hybridized carbons (Fsp3) is 0.583. The summed E-state index contributed by atoms with van der Waals surface area (Å²) < 4.78 is 0. The normalized spacial score (nSPS) is 13.5. The summed E-state index contributed by atoms with van der Waals surface area (Å²) in [7, 11) is 1.97. The zero-order valence-electron chi connectivity index (χ0n) is 10.4. The minimum Gasteiger partial charge on any atom is -0.363 e. The van der Waals surface area contributed by atoms with E-state index in [1.54, 1.807) is 0 Å². The Labute approximate surface area is 94.2 Å². The second-order valence-electron chi connectivity index (χ2n) is 2.93. The first-order chi connectivity index (χ1) is 7.38. The predicted octanol–water partition coefficient (Wildman–Crippen LogP) is 1.72. The Hall–Kier alpha value is -0.960. The van der Waals surface area contributed by atoms with Crippen LogP contribution in [0.15, 0.2) is 24.0 Å². The summed E-state index contributed by atoms with van der Waals surface area (Å²) in [6, 6.07) is 0. The molecule has 3 heteroatoms. The topological polar surface area (TPSA) is 27.3 Å². The predicted molar refractivity (Wildman–Crippen MR) is 67.2 cm³/mol. The van der Waals surface area contributed by atoms with Crippen LogP contribution in [0.1, 0.15) is 20.8 Å². The van der Waals surface area contributed by atoms with Gasteiger partial charge in [-0.05, 0) is 20.0 Å². The molecule has 0 saturated carbocycles. The van der Waals surface area contributed by atoms with Crippen molar-refractivity contribution in [1.29, 1.82) is 0 Å². The Morgan fingerprint density at radius 2 is 2.07 bits per heavy atom. The molecule has 3 nitrogen and oxygen atoms in total. The van der Waals surface area contributed by atoms with E-state index in [-0.39, 0.29) is 0 Å².